The Balaban J connectivity index is 0.00000600. The molecule has 2 saturated heterocycles. The molecule has 8 bridgehead atoms. The summed E-state index contributed by atoms with van der Waals surface area (Å²) in [4.78, 5) is 50.0. The molecule has 0 spiro atoms. The fraction of sp³-hybridized carbons (Fsp3) is 0.533. The van der Waals surface area contributed by atoms with Crippen LogP contribution in [0.1, 0.15) is 126 Å². The quantitative estimate of drug-likeness (QED) is 0.101. The maximum atomic E-state index is 13.5. The zero-order chi connectivity index (χ0) is 39.9. The zero-order valence-corrected chi connectivity index (χ0v) is 36.2. The molecule has 56 heavy (non-hydrogen) atoms. The van der Waals surface area contributed by atoms with Gasteiger partial charge in [-0.3, -0.25) is 14.4 Å². The minimum Gasteiger partial charge on any atom is -0.681 e. The predicted molar refractivity (Wildman–Crippen MR) is 222 cm³/mol. The number of rotatable bonds is 12. The molecule has 5 heterocycles. The van der Waals surface area contributed by atoms with Crippen molar-refractivity contribution < 1.29 is 29.0 Å². The van der Waals surface area contributed by atoms with Crippen molar-refractivity contribution >= 4 is 70.3 Å². The van der Waals surface area contributed by atoms with E-state index in [1.54, 1.807) is 6.92 Å². The number of aromatic nitrogens is 2. The predicted octanol–water partition coefficient (Wildman–Crippen LogP) is 7.55. The van der Waals surface area contributed by atoms with E-state index in [0.29, 0.717) is 51.1 Å². The molecule has 0 amide bonds. The Bertz CT molecular complexity index is 2130. The average Bonchev–Trinajstić information content (AvgIpc) is 3.87. The van der Waals surface area contributed by atoms with Gasteiger partial charge in [-0.1, -0.05) is 94.0 Å². The molecule has 0 aromatic carbocycles. The summed E-state index contributed by atoms with van der Waals surface area (Å²) in [5, 5.41) is 23.2. The first-order chi connectivity index (χ1) is 26.2. The molecule has 2 aromatic rings. The van der Waals surface area contributed by atoms with Crippen LogP contribution in [-0.2, 0) is 19.1 Å². The molecular formula is C45H56MgN4O6-2. The van der Waals surface area contributed by atoms with Gasteiger partial charge in [0.1, 0.15) is 18.3 Å². The number of methoxy groups -OCH3 is 1. The van der Waals surface area contributed by atoms with Crippen molar-refractivity contribution in [3.8, 4) is 0 Å². The summed E-state index contributed by atoms with van der Waals surface area (Å²) in [6.07, 6.45) is 12.5. The third kappa shape index (κ3) is 8.21. The van der Waals surface area contributed by atoms with Crippen LogP contribution in [0.5, 0.6) is 0 Å². The van der Waals surface area contributed by atoms with Crippen LogP contribution in [0.25, 0.3) is 40.2 Å². The molecule has 1 N–H and O–H groups in total. The average molecular weight is 773 g/mol. The van der Waals surface area contributed by atoms with Crippen molar-refractivity contribution in [1.82, 2.24) is 9.97 Å². The van der Waals surface area contributed by atoms with Gasteiger partial charge in [0.2, 0.25) is 0 Å². The summed E-state index contributed by atoms with van der Waals surface area (Å²) in [6, 6.07) is -0.611. The van der Waals surface area contributed by atoms with E-state index in [4.69, 9.17) is 30.1 Å². The molecule has 2 fully saturated rings. The monoisotopic (exact) mass is 772 g/mol. The van der Waals surface area contributed by atoms with Crippen molar-refractivity contribution in [2.24, 2.45) is 35.5 Å². The Hall–Kier alpha value is -3.96. The summed E-state index contributed by atoms with van der Waals surface area (Å²) in [7, 11) is 1.31. The van der Waals surface area contributed by atoms with Crippen molar-refractivity contribution in [3.63, 3.8) is 0 Å². The Morgan fingerprint density at radius 2 is 1.61 bits per heavy atom. The first-order valence-electron chi connectivity index (χ1n) is 19.9. The molecule has 4 aliphatic rings. The number of nitrogens with zero attached hydrogens (tertiary/aromatic N) is 4. The first kappa shape index (κ1) is 43.2. The number of ketones is 1. The van der Waals surface area contributed by atoms with Crippen LogP contribution in [0.3, 0.4) is 0 Å². The Morgan fingerprint density at radius 3 is 2.27 bits per heavy atom. The van der Waals surface area contributed by atoms with Gasteiger partial charge in [-0.05, 0) is 82.6 Å². The molecule has 6 atom stereocenters. The number of aliphatic hydroxyl groups excluding tert-OH is 1. The number of carbonyl (C=O) groups is 3. The topological polar surface area (TPSA) is 146 Å². The van der Waals surface area contributed by atoms with Crippen LogP contribution in [0.15, 0.2) is 28.7 Å². The van der Waals surface area contributed by atoms with Crippen LogP contribution >= 0.6 is 0 Å². The first-order valence-corrected chi connectivity index (χ1v) is 19.9. The summed E-state index contributed by atoms with van der Waals surface area (Å²) in [5.74, 6) is -1.77. The van der Waals surface area contributed by atoms with Gasteiger partial charge in [-0.15, -0.1) is 22.4 Å². The van der Waals surface area contributed by atoms with Gasteiger partial charge >= 0.3 is 35.0 Å². The van der Waals surface area contributed by atoms with Gasteiger partial charge in [-0.2, -0.15) is 17.1 Å². The van der Waals surface area contributed by atoms with E-state index in [1.165, 1.54) is 12.7 Å². The number of hydrogen-bond acceptors (Lipinski definition) is 6. The fourth-order valence-corrected chi connectivity index (χ4v) is 8.95. The van der Waals surface area contributed by atoms with Gasteiger partial charge in [0, 0.05) is 17.2 Å². The Labute approximate surface area is 347 Å². The van der Waals surface area contributed by atoms with Crippen LogP contribution in [0.2, 0.25) is 0 Å². The minimum absolute atomic E-state index is 0. The van der Waals surface area contributed by atoms with E-state index in [9.17, 15) is 19.5 Å². The van der Waals surface area contributed by atoms with Gasteiger partial charge in [-0.25, -0.2) is 0 Å². The van der Waals surface area contributed by atoms with Gasteiger partial charge in [0.25, 0.3) is 0 Å². The minimum atomic E-state index is -1.09. The number of hydrogen-bond donors (Lipinski definition) is 1. The second-order valence-corrected chi connectivity index (χ2v) is 16.3. The van der Waals surface area contributed by atoms with Crippen molar-refractivity contribution in [2.45, 2.75) is 107 Å². The van der Waals surface area contributed by atoms with Crippen LogP contribution in [0.4, 0.5) is 0 Å². The maximum Gasteiger partial charge on any atom is 2.00 e. The van der Waals surface area contributed by atoms with Crippen LogP contribution in [-0.4, -0.2) is 65.6 Å². The van der Waals surface area contributed by atoms with E-state index >= 15 is 0 Å². The Kier molecular flexibility index (Phi) is 13.6. The summed E-state index contributed by atoms with van der Waals surface area (Å²) >= 11 is 0. The molecule has 296 valence electrons. The van der Waals surface area contributed by atoms with E-state index in [1.807, 2.05) is 38.2 Å². The van der Waals surface area contributed by atoms with Crippen molar-refractivity contribution in [2.75, 3.05) is 13.7 Å². The fourth-order valence-electron chi connectivity index (χ4n) is 8.95. The molecule has 10 nitrogen and oxygen atoms in total. The van der Waals surface area contributed by atoms with E-state index in [-0.39, 0.29) is 77.3 Å². The second-order valence-electron chi connectivity index (χ2n) is 16.3. The van der Waals surface area contributed by atoms with Crippen LogP contribution < -0.4 is 20.5 Å². The summed E-state index contributed by atoms with van der Waals surface area (Å²) < 4.78 is 11.0. The van der Waals surface area contributed by atoms with Gasteiger partial charge in [0.05, 0.1) is 7.11 Å². The molecule has 2 aromatic heterocycles. The summed E-state index contributed by atoms with van der Waals surface area (Å²) in [5.41, 5.74) is 8.15. The van der Waals surface area contributed by atoms with Gasteiger partial charge < -0.3 is 35.2 Å². The molecular weight excluding hydrogens is 717 g/mol. The molecule has 0 saturated carbocycles. The number of Topliss-reactive ketones (excluding diaryl/α,β-unsaturated/α-hetero) is 1. The van der Waals surface area contributed by atoms with E-state index in [2.05, 4.69) is 41.5 Å². The van der Waals surface area contributed by atoms with E-state index < -0.39 is 17.9 Å². The third-order valence-electron chi connectivity index (χ3n) is 12.2. The smallest absolute Gasteiger partial charge is 0.681 e. The molecule has 1 aliphatic carbocycles. The number of esters is 2. The SMILES string of the molecule is CC[C@H]1/C2=C/c3[n-]c4c(c3C)=C(O)[C@H](C(=O)OC)C=4C3[N-]/C(=C\c4[n-]c(c(C(C)=O)c4C)/C=C(\[N-]2)[C@@H]1C)[C@@H](C)[C@@H]3CCC(=O)OC/C=C(/C)CCCC(C)C.[Mg+2]. The normalized spacial score (nSPS) is 26.7. The number of fused-ring (bicyclic) bond motifs is 8. The third-order valence-corrected chi connectivity index (χ3v) is 12.2. The molecule has 0 radical (unpaired) electrons. The van der Waals surface area contributed by atoms with Crippen molar-refractivity contribution in [3.05, 3.63) is 83.7 Å². The number of ether oxygens (including phenoxy) is 2. The van der Waals surface area contributed by atoms with E-state index in [0.717, 1.165) is 53.9 Å². The van der Waals surface area contributed by atoms with Crippen LogP contribution in [0, 0.1) is 49.4 Å². The van der Waals surface area contributed by atoms with Gasteiger partial charge in [0.15, 0.2) is 5.78 Å². The molecule has 1 unspecified atom stereocenters. The second kappa shape index (κ2) is 17.7. The number of carbonyl (C=O) groups excluding carboxylic acids is 3. The summed E-state index contributed by atoms with van der Waals surface area (Å²) in [6.45, 7) is 18.4. The Morgan fingerprint density at radius 1 is 0.929 bits per heavy atom. The standard InChI is InChI=1S/C45H57N4O6.Mg/c1-11-29-24(5)31-21-36-38(28(9)50)26(7)33(47-36)19-32-25(6)30(15-16-37(51)55-18-17-23(4)14-12-13-22(2)3)42(48-32)40-41(45(53)54-10)44(52)39-27(8)34(49-43(39)40)20-35(29)46-31;/h17,19-22,24-25,29-30,41-42H,11-16,18H2,1-10H3,(H2-,46,47,50,52);/q-3;+2/p-1/b23-17-,32-19-,35-20-;/t24-,25+,29-,30+,41-,42?;/m1./s1. The number of aliphatic hydroxyl groups is 1. The zero-order valence-electron chi connectivity index (χ0n) is 34.8. The molecule has 3 aliphatic heterocycles. The molecule has 11 heteroatoms. The largest absolute Gasteiger partial charge is 2.00 e. The number of allylic oxidation sites excluding steroid dienone is 4. The maximum absolute atomic E-state index is 13.5. The van der Waals surface area contributed by atoms with Crippen molar-refractivity contribution in [1.29, 1.82) is 0 Å². The molecule has 6 rings (SSSR count).